The molecule has 1 aromatic heterocycles. The average Bonchev–Trinajstić information content (AvgIpc) is 2.42. The van der Waals surface area contributed by atoms with Crippen LogP contribution >= 0.6 is 11.8 Å². The van der Waals surface area contributed by atoms with E-state index in [1.165, 1.54) is 0 Å². The Morgan fingerprint density at radius 3 is 2.87 bits per heavy atom. The molecule has 0 aliphatic heterocycles. The van der Waals surface area contributed by atoms with E-state index in [-0.39, 0.29) is 11.9 Å². The lowest BCUT2D eigenvalue weighted by atomic mass is 10.3. The van der Waals surface area contributed by atoms with Gasteiger partial charge >= 0.3 is 0 Å². The molecule has 0 aliphatic rings. The molecule has 0 amide bonds. The molecule has 1 aromatic rings. The molecule has 0 aliphatic carbocycles. The van der Waals surface area contributed by atoms with Gasteiger partial charge in [0.2, 0.25) is 0 Å². The van der Waals surface area contributed by atoms with Crippen molar-refractivity contribution >= 4 is 11.8 Å². The molecule has 1 heterocycles. The van der Waals surface area contributed by atoms with Crippen LogP contribution in [0, 0.1) is 18.3 Å². The predicted molar refractivity (Wildman–Crippen MR) is 59.7 cm³/mol. The summed E-state index contributed by atoms with van der Waals surface area (Å²) in [4.78, 5) is 0. The smallest absolute Gasteiger partial charge is 0.112 e. The SMILES string of the molecule is Cc1nn(C)c(SC(C)CCO)c1C#N. The van der Waals surface area contributed by atoms with Crippen LogP contribution in [0.3, 0.4) is 0 Å². The van der Waals surface area contributed by atoms with Crippen molar-refractivity contribution in [2.75, 3.05) is 6.61 Å². The zero-order valence-electron chi connectivity index (χ0n) is 9.19. The van der Waals surface area contributed by atoms with Crippen LogP contribution < -0.4 is 0 Å². The van der Waals surface area contributed by atoms with Gasteiger partial charge < -0.3 is 5.11 Å². The van der Waals surface area contributed by atoms with E-state index in [0.717, 1.165) is 17.1 Å². The van der Waals surface area contributed by atoms with Crippen molar-refractivity contribution in [3.63, 3.8) is 0 Å². The molecule has 5 heteroatoms. The summed E-state index contributed by atoms with van der Waals surface area (Å²) in [6, 6.07) is 2.17. The van der Waals surface area contributed by atoms with E-state index in [1.807, 2.05) is 20.9 Å². The zero-order chi connectivity index (χ0) is 11.4. The van der Waals surface area contributed by atoms with Gasteiger partial charge in [0.1, 0.15) is 16.7 Å². The number of aliphatic hydroxyl groups is 1. The van der Waals surface area contributed by atoms with Crippen LogP contribution in [0.25, 0.3) is 0 Å². The summed E-state index contributed by atoms with van der Waals surface area (Å²) in [5.74, 6) is 0. The lowest BCUT2D eigenvalue weighted by Crippen LogP contribution is -2.02. The molecule has 0 spiro atoms. The number of aryl methyl sites for hydroxylation is 2. The lowest BCUT2D eigenvalue weighted by molar-refractivity contribution is 0.289. The van der Waals surface area contributed by atoms with E-state index in [0.29, 0.717) is 5.56 Å². The fraction of sp³-hybridized carbons (Fsp3) is 0.600. The summed E-state index contributed by atoms with van der Waals surface area (Å²) >= 11 is 1.58. The normalized spacial score (nSPS) is 12.5. The summed E-state index contributed by atoms with van der Waals surface area (Å²) in [7, 11) is 1.84. The summed E-state index contributed by atoms with van der Waals surface area (Å²) in [6.45, 7) is 4.04. The van der Waals surface area contributed by atoms with Crippen LogP contribution in [0.5, 0.6) is 0 Å². The van der Waals surface area contributed by atoms with Gasteiger partial charge in [-0.1, -0.05) is 6.92 Å². The van der Waals surface area contributed by atoms with Crippen LogP contribution in [0.2, 0.25) is 0 Å². The Morgan fingerprint density at radius 1 is 1.67 bits per heavy atom. The van der Waals surface area contributed by atoms with Crippen molar-refractivity contribution in [3.05, 3.63) is 11.3 Å². The number of hydrogen-bond donors (Lipinski definition) is 1. The molecule has 1 unspecified atom stereocenters. The highest BCUT2D eigenvalue weighted by molar-refractivity contribution is 7.99. The molecule has 0 fully saturated rings. The molecule has 0 bridgehead atoms. The van der Waals surface area contributed by atoms with Gasteiger partial charge in [-0.25, -0.2) is 0 Å². The van der Waals surface area contributed by atoms with Gasteiger partial charge in [-0.05, 0) is 13.3 Å². The Kier molecular flexibility index (Phi) is 4.18. The highest BCUT2D eigenvalue weighted by Crippen LogP contribution is 2.28. The molecular weight excluding hydrogens is 210 g/mol. The van der Waals surface area contributed by atoms with Crippen molar-refractivity contribution < 1.29 is 5.11 Å². The standard InChI is InChI=1S/C10H15N3OS/c1-7(4-5-14)15-10-9(6-11)8(2)12-13(10)3/h7,14H,4-5H2,1-3H3. The van der Waals surface area contributed by atoms with Gasteiger partial charge in [0, 0.05) is 18.9 Å². The van der Waals surface area contributed by atoms with Gasteiger partial charge in [-0.3, -0.25) is 4.68 Å². The van der Waals surface area contributed by atoms with Gasteiger partial charge in [0.15, 0.2) is 0 Å². The van der Waals surface area contributed by atoms with E-state index in [4.69, 9.17) is 10.4 Å². The summed E-state index contributed by atoms with van der Waals surface area (Å²) in [5, 5.41) is 23.2. The van der Waals surface area contributed by atoms with Gasteiger partial charge in [0.25, 0.3) is 0 Å². The Bertz CT molecular complexity index is 381. The average molecular weight is 225 g/mol. The van der Waals surface area contributed by atoms with E-state index < -0.39 is 0 Å². The van der Waals surface area contributed by atoms with E-state index in [9.17, 15) is 0 Å². The molecule has 82 valence electrons. The first kappa shape index (κ1) is 12.1. The van der Waals surface area contributed by atoms with Gasteiger partial charge in [-0.15, -0.1) is 11.8 Å². The molecule has 0 aromatic carbocycles. The molecule has 1 atom stereocenters. The molecule has 15 heavy (non-hydrogen) atoms. The fourth-order valence-corrected chi connectivity index (χ4v) is 2.44. The van der Waals surface area contributed by atoms with Crippen molar-refractivity contribution in [2.45, 2.75) is 30.5 Å². The van der Waals surface area contributed by atoms with Crippen molar-refractivity contribution in [3.8, 4) is 6.07 Å². The van der Waals surface area contributed by atoms with Crippen LogP contribution in [0.4, 0.5) is 0 Å². The van der Waals surface area contributed by atoms with E-state index in [1.54, 1.807) is 16.4 Å². The first-order chi connectivity index (χ1) is 7.10. The molecule has 4 nitrogen and oxygen atoms in total. The Hall–Kier alpha value is -0.990. The number of nitrogens with zero attached hydrogens (tertiary/aromatic N) is 3. The Morgan fingerprint density at radius 2 is 2.33 bits per heavy atom. The second-order valence-corrected chi connectivity index (χ2v) is 4.87. The molecule has 1 rings (SSSR count). The number of rotatable bonds is 4. The predicted octanol–water partition coefficient (Wildman–Crippen LogP) is 1.46. The topological polar surface area (TPSA) is 61.8 Å². The third-order valence-electron chi connectivity index (χ3n) is 2.13. The second kappa shape index (κ2) is 5.19. The number of thioether (sulfide) groups is 1. The maximum atomic E-state index is 8.99. The number of hydrogen-bond acceptors (Lipinski definition) is 4. The zero-order valence-corrected chi connectivity index (χ0v) is 10.0. The monoisotopic (exact) mass is 225 g/mol. The van der Waals surface area contributed by atoms with Gasteiger partial charge in [-0.2, -0.15) is 10.4 Å². The molecule has 0 radical (unpaired) electrons. The molecular formula is C10H15N3OS. The first-order valence-electron chi connectivity index (χ1n) is 4.81. The van der Waals surface area contributed by atoms with Crippen LogP contribution in [-0.2, 0) is 7.05 Å². The summed E-state index contributed by atoms with van der Waals surface area (Å²) < 4.78 is 1.73. The first-order valence-corrected chi connectivity index (χ1v) is 5.69. The number of nitriles is 1. The van der Waals surface area contributed by atoms with Crippen LogP contribution in [0.15, 0.2) is 5.03 Å². The third-order valence-corrected chi connectivity index (χ3v) is 3.46. The van der Waals surface area contributed by atoms with E-state index >= 15 is 0 Å². The number of aliphatic hydroxyl groups excluding tert-OH is 1. The van der Waals surface area contributed by atoms with Crippen LogP contribution in [-0.4, -0.2) is 26.7 Å². The number of aromatic nitrogens is 2. The highest BCUT2D eigenvalue weighted by Gasteiger charge is 2.15. The summed E-state index contributed by atoms with van der Waals surface area (Å²) in [5.41, 5.74) is 1.41. The minimum atomic E-state index is 0.173. The van der Waals surface area contributed by atoms with Crippen molar-refractivity contribution in [2.24, 2.45) is 7.05 Å². The maximum Gasteiger partial charge on any atom is 0.112 e. The minimum Gasteiger partial charge on any atom is -0.396 e. The van der Waals surface area contributed by atoms with E-state index in [2.05, 4.69) is 11.2 Å². The fourth-order valence-electron chi connectivity index (χ4n) is 1.33. The lowest BCUT2D eigenvalue weighted by Gasteiger charge is -2.09. The molecule has 0 saturated carbocycles. The third kappa shape index (κ3) is 2.74. The van der Waals surface area contributed by atoms with Crippen molar-refractivity contribution in [1.29, 1.82) is 5.26 Å². The van der Waals surface area contributed by atoms with Gasteiger partial charge in [0.05, 0.1) is 5.69 Å². The quantitative estimate of drug-likeness (QED) is 0.788. The minimum absolute atomic E-state index is 0.173. The Labute approximate surface area is 93.9 Å². The molecule has 0 saturated heterocycles. The Balaban J connectivity index is 2.89. The maximum absolute atomic E-state index is 8.99. The van der Waals surface area contributed by atoms with Crippen molar-refractivity contribution in [1.82, 2.24) is 9.78 Å². The largest absolute Gasteiger partial charge is 0.396 e. The summed E-state index contributed by atoms with van der Waals surface area (Å²) in [6.07, 6.45) is 0.722. The van der Waals surface area contributed by atoms with Crippen LogP contribution in [0.1, 0.15) is 24.6 Å². The molecule has 1 N–H and O–H groups in total. The highest BCUT2D eigenvalue weighted by atomic mass is 32.2. The second-order valence-electron chi connectivity index (χ2n) is 3.44.